The fourth-order valence-corrected chi connectivity index (χ4v) is 2.98. The number of methoxy groups -OCH3 is 2. The van der Waals surface area contributed by atoms with Crippen molar-refractivity contribution >= 4 is 15.7 Å². The molecule has 6 nitrogen and oxygen atoms in total. The molecule has 0 aliphatic carbocycles. The van der Waals surface area contributed by atoms with E-state index < -0.39 is 22.1 Å². The number of nitrogens with one attached hydrogen (secondary N) is 1. The number of benzene rings is 2. The molecule has 10 heteroatoms. The SMILES string of the molecule is COc1ccc(NS(=O)(=O)c2ccc(OC(F)(F)F)cc2)cc1OC. The number of rotatable bonds is 6. The van der Waals surface area contributed by atoms with Gasteiger partial charge in [-0.2, -0.15) is 0 Å². The van der Waals surface area contributed by atoms with E-state index in [0.29, 0.717) is 11.5 Å². The lowest BCUT2D eigenvalue weighted by molar-refractivity contribution is -0.274. The van der Waals surface area contributed by atoms with E-state index in [1.165, 1.54) is 32.4 Å². The van der Waals surface area contributed by atoms with E-state index in [4.69, 9.17) is 9.47 Å². The van der Waals surface area contributed by atoms with Crippen LogP contribution in [-0.2, 0) is 10.0 Å². The quantitative estimate of drug-likeness (QED) is 0.835. The van der Waals surface area contributed by atoms with Crippen molar-refractivity contribution in [3.63, 3.8) is 0 Å². The molecule has 0 aromatic heterocycles. The summed E-state index contributed by atoms with van der Waals surface area (Å²) >= 11 is 0. The molecule has 25 heavy (non-hydrogen) atoms. The van der Waals surface area contributed by atoms with Crippen LogP contribution in [0.3, 0.4) is 0 Å². The highest BCUT2D eigenvalue weighted by atomic mass is 32.2. The number of sulfonamides is 1. The Labute approximate surface area is 142 Å². The summed E-state index contributed by atoms with van der Waals surface area (Å²) in [5, 5.41) is 0. The van der Waals surface area contributed by atoms with Crippen LogP contribution in [0.15, 0.2) is 47.4 Å². The van der Waals surface area contributed by atoms with E-state index >= 15 is 0 Å². The number of anilines is 1. The van der Waals surface area contributed by atoms with Gasteiger partial charge in [-0.05, 0) is 36.4 Å². The molecule has 0 amide bonds. The molecule has 136 valence electrons. The van der Waals surface area contributed by atoms with Gasteiger partial charge in [0.05, 0.1) is 24.8 Å². The molecule has 0 saturated carbocycles. The van der Waals surface area contributed by atoms with E-state index in [2.05, 4.69) is 9.46 Å². The minimum atomic E-state index is -4.85. The Kier molecular flexibility index (Phi) is 5.31. The fraction of sp³-hybridized carbons (Fsp3) is 0.200. The minimum Gasteiger partial charge on any atom is -0.493 e. The third-order valence-corrected chi connectivity index (χ3v) is 4.40. The second kappa shape index (κ2) is 7.09. The molecule has 2 rings (SSSR count). The zero-order chi connectivity index (χ0) is 18.7. The van der Waals surface area contributed by atoms with Crippen molar-refractivity contribution in [2.75, 3.05) is 18.9 Å². The summed E-state index contributed by atoms with van der Waals surface area (Å²) in [6.45, 7) is 0. The second-order valence-electron chi connectivity index (χ2n) is 4.69. The molecule has 0 heterocycles. The first-order valence-electron chi connectivity index (χ1n) is 6.75. The first-order valence-corrected chi connectivity index (χ1v) is 8.23. The molecule has 1 N–H and O–H groups in total. The van der Waals surface area contributed by atoms with Crippen molar-refractivity contribution in [2.45, 2.75) is 11.3 Å². The summed E-state index contributed by atoms with van der Waals surface area (Å²) in [5.41, 5.74) is 0.202. The van der Waals surface area contributed by atoms with Gasteiger partial charge in [-0.15, -0.1) is 13.2 Å². The summed E-state index contributed by atoms with van der Waals surface area (Å²) in [5.74, 6) is 0.216. The fourth-order valence-electron chi connectivity index (χ4n) is 1.93. The molecule has 2 aromatic carbocycles. The number of hydrogen-bond acceptors (Lipinski definition) is 5. The van der Waals surface area contributed by atoms with Gasteiger partial charge in [0.25, 0.3) is 10.0 Å². The summed E-state index contributed by atoms with van der Waals surface area (Å²) in [4.78, 5) is -0.225. The molecule has 0 atom stereocenters. The van der Waals surface area contributed by atoms with Gasteiger partial charge >= 0.3 is 6.36 Å². The Hall–Kier alpha value is -2.62. The normalized spacial score (nSPS) is 11.7. The lowest BCUT2D eigenvalue weighted by Gasteiger charge is -2.12. The highest BCUT2D eigenvalue weighted by Gasteiger charge is 2.31. The van der Waals surface area contributed by atoms with Gasteiger partial charge in [0.15, 0.2) is 11.5 Å². The van der Waals surface area contributed by atoms with E-state index in [9.17, 15) is 21.6 Å². The van der Waals surface area contributed by atoms with Gasteiger partial charge in [-0.25, -0.2) is 8.42 Å². The largest absolute Gasteiger partial charge is 0.573 e. The molecule has 0 spiro atoms. The van der Waals surface area contributed by atoms with Crippen LogP contribution in [0.4, 0.5) is 18.9 Å². The molecule has 0 fully saturated rings. The van der Waals surface area contributed by atoms with Crippen LogP contribution in [-0.4, -0.2) is 29.0 Å². The number of ether oxygens (including phenoxy) is 3. The van der Waals surface area contributed by atoms with Gasteiger partial charge < -0.3 is 14.2 Å². The maximum absolute atomic E-state index is 12.3. The van der Waals surface area contributed by atoms with E-state index in [0.717, 1.165) is 24.3 Å². The maximum Gasteiger partial charge on any atom is 0.573 e. The number of hydrogen-bond donors (Lipinski definition) is 1. The van der Waals surface area contributed by atoms with Crippen LogP contribution in [0.5, 0.6) is 17.2 Å². The summed E-state index contributed by atoms with van der Waals surface area (Å²) in [6, 6.07) is 8.22. The average Bonchev–Trinajstić information content (AvgIpc) is 2.53. The molecule has 0 bridgehead atoms. The van der Waals surface area contributed by atoms with E-state index in [-0.39, 0.29) is 10.6 Å². The van der Waals surface area contributed by atoms with Gasteiger partial charge in [-0.3, -0.25) is 4.72 Å². The Morgan fingerprint density at radius 1 is 0.920 bits per heavy atom. The highest BCUT2D eigenvalue weighted by molar-refractivity contribution is 7.92. The van der Waals surface area contributed by atoms with Crippen molar-refractivity contribution in [1.82, 2.24) is 0 Å². The topological polar surface area (TPSA) is 73.9 Å². The minimum absolute atomic E-state index is 0.202. The predicted octanol–water partition coefficient (Wildman–Crippen LogP) is 3.40. The standard InChI is InChI=1S/C15H14F3NO5S/c1-22-13-8-3-10(9-14(13)23-2)19-25(20,21)12-6-4-11(5-7-12)24-15(16,17)18/h3-9,19H,1-2H3. The first kappa shape index (κ1) is 18.7. The molecule has 0 aliphatic heterocycles. The Morgan fingerprint density at radius 2 is 1.52 bits per heavy atom. The molecule has 0 saturated heterocycles. The highest BCUT2D eigenvalue weighted by Crippen LogP contribution is 2.31. The van der Waals surface area contributed by atoms with Crippen LogP contribution in [0.25, 0.3) is 0 Å². The molecule has 0 unspecified atom stereocenters. The summed E-state index contributed by atoms with van der Waals surface area (Å²) < 4.78 is 77.1. The molecular formula is C15H14F3NO5S. The van der Waals surface area contributed by atoms with Crippen LogP contribution in [0.2, 0.25) is 0 Å². The zero-order valence-corrected chi connectivity index (χ0v) is 13.9. The van der Waals surface area contributed by atoms with Gasteiger partial charge in [-0.1, -0.05) is 0 Å². The molecule has 0 aliphatic rings. The van der Waals surface area contributed by atoms with Crippen LogP contribution < -0.4 is 18.9 Å². The summed E-state index contributed by atoms with van der Waals surface area (Å²) in [6.07, 6.45) is -4.85. The van der Waals surface area contributed by atoms with Gasteiger partial charge in [0.2, 0.25) is 0 Å². The molecular weight excluding hydrogens is 363 g/mol. The first-order chi connectivity index (χ1) is 11.6. The van der Waals surface area contributed by atoms with Crippen molar-refractivity contribution in [2.24, 2.45) is 0 Å². The third kappa shape index (κ3) is 4.92. The number of halogens is 3. The van der Waals surface area contributed by atoms with Crippen molar-refractivity contribution in [1.29, 1.82) is 0 Å². The lowest BCUT2D eigenvalue weighted by atomic mass is 10.3. The van der Waals surface area contributed by atoms with Gasteiger partial charge in [0.1, 0.15) is 5.75 Å². The average molecular weight is 377 g/mol. The van der Waals surface area contributed by atoms with Crippen LogP contribution in [0.1, 0.15) is 0 Å². The second-order valence-corrected chi connectivity index (χ2v) is 6.38. The van der Waals surface area contributed by atoms with E-state index in [1.807, 2.05) is 0 Å². The molecule has 2 aromatic rings. The maximum atomic E-state index is 12.3. The van der Waals surface area contributed by atoms with Crippen molar-refractivity contribution in [3.8, 4) is 17.2 Å². The van der Waals surface area contributed by atoms with E-state index in [1.54, 1.807) is 0 Å². The Balaban J connectivity index is 2.21. The molecule has 0 radical (unpaired) electrons. The smallest absolute Gasteiger partial charge is 0.493 e. The predicted molar refractivity (Wildman–Crippen MR) is 83.5 cm³/mol. The van der Waals surface area contributed by atoms with Crippen molar-refractivity contribution in [3.05, 3.63) is 42.5 Å². The summed E-state index contributed by atoms with van der Waals surface area (Å²) in [7, 11) is -1.17. The van der Waals surface area contributed by atoms with Gasteiger partial charge in [0, 0.05) is 6.07 Å². The third-order valence-electron chi connectivity index (χ3n) is 3.00. The zero-order valence-electron chi connectivity index (χ0n) is 13.1. The van der Waals surface area contributed by atoms with Crippen molar-refractivity contribution < 1.29 is 35.8 Å². The number of alkyl halides is 3. The monoisotopic (exact) mass is 377 g/mol. The Bertz CT molecular complexity index is 835. The van der Waals surface area contributed by atoms with Crippen LogP contribution >= 0.6 is 0 Å². The Morgan fingerprint density at radius 3 is 2.04 bits per heavy atom. The van der Waals surface area contributed by atoms with Crippen LogP contribution in [0, 0.1) is 0 Å². The lowest BCUT2D eigenvalue weighted by Crippen LogP contribution is -2.17.